The lowest BCUT2D eigenvalue weighted by Gasteiger charge is -2.12. The van der Waals surface area contributed by atoms with E-state index in [9.17, 15) is 0 Å². The van der Waals surface area contributed by atoms with Crippen molar-refractivity contribution in [2.75, 3.05) is 23.8 Å². The first kappa shape index (κ1) is 15.3. The van der Waals surface area contributed by atoms with Crippen molar-refractivity contribution in [1.82, 2.24) is 9.97 Å². The first-order valence-electron chi connectivity index (χ1n) is 7.11. The van der Waals surface area contributed by atoms with Crippen LogP contribution in [0, 0.1) is 0 Å². The van der Waals surface area contributed by atoms with Crippen molar-refractivity contribution in [2.24, 2.45) is 0 Å². The molecule has 1 aliphatic rings. The normalized spacial score (nSPS) is 17.5. The Morgan fingerprint density at radius 1 is 1.27 bits per heavy atom. The summed E-state index contributed by atoms with van der Waals surface area (Å²) in [4.78, 5) is 8.62. The summed E-state index contributed by atoms with van der Waals surface area (Å²) in [6, 6.07) is 7.05. The van der Waals surface area contributed by atoms with Gasteiger partial charge in [-0.15, -0.1) is 0 Å². The van der Waals surface area contributed by atoms with E-state index in [0.29, 0.717) is 28.4 Å². The molecule has 2 heterocycles. The summed E-state index contributed by atoms with van der Waals surface area (Å²) in [6.45, 7) is 1.55. The smallest absolute Gasteiger partial charge is 0.224 e. The average Bonchev–Trinajstić information content (AvgIpc) is 3.02. The second kappa shape index (κ2) is 7.13. The zero-order valence-corrected chi connectivity index (χ0v) is 13.4. The molecule has 7 heteroatoms. The van der Waals surface area contributed by atoms with Crippen molar-refractivity contribution in [3.8, 4) is 0 Å². The maximum absolute atomic E-state index is 6.14. The van der Waals surface area contributed by atoms with Gasteiger partial charge in [-0.2, -0.15) is 4.98 Å². The predicted molar refractivity (Wildman–Crippen MR) is 89.2 cm³/mol. The lowest BCUT2D eigenvalue weighted by Crippen LogP contribution is -2.19. The largest absolute Gasteiger partial charge is 0.376 e. The first-order chi connectivity index (χ1) is 10.7. The second-order valence-corrected chi connectivity index (χ2v) is 5.87. The summed E-state index contributed by atoms with van der Waals surface area (Å²) in [7, 11) is 0. The van der Waals surface area contributed by atoms with Crippen molar-refractivity contribution >= 4 is 40.7 Å². The molecule has 22 heavy (non-hydrogen) atoms. The molecule has 1 aromatic carbocycles. The molecule has 5 nitrogen and oxygen atoms in total. The highest BCUT2D eigenvalue weighted by molar-refractivity contribution is 6.36. The number of rotatable bonds is 5. The van der Waals surface area contributed by atoms with E-state index < -0.39 is 0 Å². The number of ether oxygens (including phenoxy) is 1. The number of aromatic nitrogens is 2. The Bertz CT molecular complexity index is 647. The Labute approximate surface area is 139 Å². The highest BCUT2D eigenvalue weighted by atomic mass is 35.5. The van der Waals surface area contributed by atoms with Gasteiger partial charge in [-0.3, -0.25) is 0 Å². The van der Waals surface area contributed by atoms with E-state index in [1.165, 1.54) is 0 Å². The Kier molecular flexibility index (Phi) is 4.97. The Morgan fingerprint density at radius 3 is 2.95 bits per heavy atom. The number of hydrogen-bond acceptors (Lipinski definition) is 5. The molecule has 1 fully saturated rings. The van der Waals surface area contributed by atoms with Crippen LogP contribution in [-0.2, 0) is 4.74 Å². The molecule has 0 radical (unpaired) electrons. The molecule has 0 aliphatic carbocycles. The van der Waals surface area contributed by atoms with Crippen molar-refractivity contribution in [1.29, 1.82) is 0 Å². The van der Waals surface area contributed by atoms with Gasteiger partial charge < -0.3 is 15.4 Å². The Hall–Kier alpha value is -1.56. The summed E-state index contributed by atoms with van der Waals surface area (Å²) in [5.41, 5.74) is 0.745. The molecule has 0 saturated carbocycles. The lowest BCUT2D eigenvalue weighted by molar-refractivity contribution is 0.120. The van der Waals surface area contributed by atoms with Crippen LogP contribution in [0.2, 0.25) is 10.0 Å². The summed E-state index contributed by atoms with van der Waals surface area (Å²) in [5, 5.41) is 7.49. The molecule has 2 aromatic rings. The number of anilines is 3. The van der Waals surface area contributed by atoms with E-state index >= 15 is 0 Å². The van der Waals surface area contributed by atoms with Gasteiger partial charge in [-0.1, -0.05) is 23.2 Å². The third-order valence-electron chi connectivity index (χ3n) is 3.36. The highest BCUT2D eigenvalue weighted by Gasteiger charge is 2.15. The number of nitrogens with one attached hydrogen (secondary N) is 2. The van der Waals surface area contributed by atoms with Crippen molar-refractivity contribution in [3.05, 3.63) is 40.5 Å². The van der Waals surface area contributed by atoms with Gasteiger partial charge >= 0.3 is 0 Å². The lowest BCUT2D eigenvalue weighted by atomic mass is 10.2. The van der Waals surface area contributed by atoms with E-state index in [2.05, 4.69) is 20.6 Å². The van der Waals surface area contributed by atoms with E-state index in [0.717, 1.165) is 25.1 Å². The molecule has 116 valence electrons. The van der Waals surface area contributed by atoms with Crippen LogP contribution in [0.25, 0.3) is 0 Å². The fourth-order valence-electron chi connectivity index (χ4n) is 2.25. The molecule has 1 aromatic heterocycles. The summed E-state index contributed by atoms with van der Waals surface area (Å²) < 4.78 is 5.56. The van der Waals surface area contributed by atoms with Crippen LogP contribution in [0.3, 0.4) is 0 Å². The van der Waals surface area contributed by atoms with Crippen LogP contribution >= 0.6 is 23.2 Å². The van der Waals surface area contributed by atoms with Crippen LogP contribution < -0.4 is 10.6 Å². The first-order valence-corrected chi connectivity index (χ1v) is 7.87. The zero-order valence-electron chi connectivity index (χ0n) is 11.9. The van der Waals surface area contributed by atoms with E-state index in [1.807, 2.05) is 6.07 Å². The fourth-order valence-corrected chi connectivity index (χ4v) is 2.71. The summed E-state index contributed by atoms with van der Waals surface area (Å²) in [6.07, 6.45) is 4.12. The third-order valence-corrected chi connectivity index (χ3v) is 3.91. The molecular formula is C15H16Cl2N4O. The minimum atomic E-state index is 0.242. The quantitative estimate of drug-likeness (QED) is 0.858. The van der Waals surface area contributed by atoms with Gasteiger partial charge in [0.15, 0.2) is 0 Å². The van der Waals surface area contributed by atoms with Crippen LogP contribution in [0.15, 0.2) is 30.5 Å². The molecular weight excluding hydrogens is 323 g/mol. The molecule has 0 bridgehead atoms. The van der Waals surface area contributed by atoms with Crippen molar-refractivity contribution < 1.29 is 4.74 Å². The van der Waals surface area contributed by atoms with Gasteiger partial charge in [0, 0.05) is 24.4 Å². The van der Waals surface area contributed by atoms with Crippen LogP contribution in [-0.4, -0.2) is 29.2 Å². The molecule has 3 rings (SSSR count). The molecule has 0 amide bonds. The second-order valence-electron chi connectivity index (χ2n) is 5.03. The highest BCUT2D eigenvalue weighted by Crippen LogP contribution is 2.27. The van der Waals surface area contributed by atoms with E-state index in [1.54, 1.807) is 24.4 Å². The van der Waals surface area contributed by atoms with Gasteiger partial charge in [0.25, 0.3) is 0 Å². The van der Waals surface area contributed by atoms with E-state index in [-0.39, 0.29) is 6.10 Å². The standard InChI is InChI=1S/C15H16Cl2N4O/c16-10-3-4-13(12(17)8-10)20-14-5-6-18-15(21-14)19-9-11-2-1-7-22-11/h3-6,8,11H,1-2,7,9H2,(H2,18,19,20,21). The fraction of sp³-hybridized carbons (Fsp3) is 0.333. The van der Waals surface area contributed by atoms with Crippen LogP contribution in [0.4, 0.5) is 17.5 Å². The molecule has 1 aliphatic heterocycles. The van der Waals surface area contributed by atoms with Crippen molar-refractivity contribution in [2.45, 2.75) is 18.9 Å². The van der Waals surface area contributed by atoms with Crippen LogP contribution in [0.5, 0.6) is 0 Å². The number of nitrogens with zero attached hydrogens (tertiary/aromatic N) is 2. The molecule has 0 spiro atoms. The van der Waals surface area contributed by atoms with Gasteiger partial charge in [0.2, 0.25) is 5.95 Å². The maximum atomic E-state index is 6.14. The SMILES string of the molecule is Clc1ccc(Nc2ccnc(NCC3CCCO3)n2)c(Cl)c1. The minimum Gasteiger partial charge on any atom is -0.376 e. The third kappa shape index (κ3) is 4.00. The Balaban J connectivity index is 1.65. The van der Waals surface area contributed by atoms with Gasteiger partial charge in [0.1, 0.15) is 5.82 Å². The van der Waals surface area contributed by atoms with Crippen LogP contribution in [0.1, 0.15) is 12.8 Å². The van der Waals surface area contributed by atoms with Gasteiger partial charge in [0.05, 0.1) is 16.8 Å². The predicted octanol–water partition coefficient (Wildman–Crippen LogP) is 4.12. The number of halogens is 2. The molecule has 1 saturated heterocycles. The summed E-state index contributed by atoms with van der Waals surface area (Å²) in [5.74, 6) is 1.22. The molecule has 1 unspecified atom stereocenters. The Morgan fingerprint density at radius 2 is 2.18 bits per heavy atom. The molecule has 2 N–H and O–H groups in total. The van der Waals surface area contributed by atoms with Crippen molar-refractivity contribution in [3.63, 3.8) is 0 Å². The zero-order chi connectivity index (χ0) is 15.4. The van der Waals surface area contributed by atoms with E-state index in [4.69, 9.17) is 27.9 Å². The topological polar surface area (TPSA) is 59.1 Å². The molecule has 1 atom stereocenters. The van der Waals surface area contributed by atoms with Gasteiger partial charge in [-0.05, 0) is 37.1 Å². The minimum absolute atomic E-state index is 0.242. The summed E-state index contributed by atoms with van der Waals surface area (Å²) >= 11 is 12.0. The number of hydrogen-bond donors (Lipinski definition) is 2. The monoisotopic (exact) mass is 338 g/mol. The number of benzene rings is 1. The van der Waals surface area contributed by atoms with Gasteiger partial charge in [-0.25, -0.2) is 4.98 Å². The maximum Gasteiger partial charge on any atom is 0.224 e. The average molecular weight is 339 g/mol.